The maximum atomic E-state index is 12.8. The fraction of sp³-hybridized carbons (Fsp3) is 0.800. The fourth-order valence-corrected chi connectivity index (χ4v) is 2.22. The molecular formula is C10H18F3N3O5S. The van der Waals surface area contributed by atoms with Crippen LogP contribution in [0, 0.1) is 0 Å². The second kappa shape index (κ2) is 8.17. The van der Waals surface area contributed by atoms with Crippen molar-refractivity contribution in [2.75, 3.05) is 26.4 Å². The molecule has 0 aromatic rings. The molecule has 22 heavy (non-hydrogen) atoms. The standard InChI is InChI=1S/C10H18F3N3O5S/c1-16(2)22(20,21)6-7(10(11,12)13)15-9(19)14-5-3-4-8(17)18/h7H,3-6H2,1-2H3,(H,17,18)(H2,14,15,19). The molecule has 8 nitrogen and oxygen atoms in total. The molecule has 0 fully saturated rings. The highest BCUT2D eigenvalue weighted by Gasteiger charge is 2.43. The maximum Gasteiger partial charge on any atom is 0.409 e. The number of carbonyl (C=O) groups excluding carboxylic acids is 1. The Labute approximate surface area is 125 Å². The number of sulfonamides is 1. The van der Waals surface area contributed by atoms with E-state index in [4.69, 9.17) is 5.11 Å². The molecule has 0 aliphatic heterocycles. The summed E-state index contributed by atoms with van der Waals surface area (Å²) < 4.78 is 61.9. The number of carboxylic acids is 1. The van der Waals surface area contributed by atoms with Gasteiger partial charge in [-0.1, -0.05) is 0 Å². The lowest BCUT2D eigenvalue weighted by Crippen LogP contribution is -2.53. The van der Waals surface area contributed by atoms with Crippen molar-refractivity contribution >= 4 is 22.0 Å². The molecule has 3 N–H and O–H groups in total. The van der Waals surface area contributed by atoms with Crippen LogP contribution in [0.1, 0.15) is 12.8 Å². The Bertz CT molecular complexity index is 493. The molecule has 0 heterocycles. The van der Waals surface area contributed by atoms with E-state index in [1.807, 2.05) is 5.32 Å². The van der Waals surface area contributed by atoms with E-state index in [1.54, 1.807) is 0 Å². The maximum absolute atomic E-state index is 12.8. The number of hydrogen-bond acceptors (Lipinski definition) is 4. The minimum Gasteiger partial charge on any atom is -0.481 e. The molecule has 12 heteroatoms. The quantitative estimate of drug-likeness (QED) is 0.532. The van der Waals surface area contributed by atoms with Crippen molar-refractivity contribution in [1.82, 2.24) is 14.9 Å². The van der Waals surface area contributed by atoms with Gasteiger partial charge in [-0.25, -0.2) is 17.5 Å². The Kier molecular flexibility index (Phi) is 7.59. The molecule has 0 saturated heterocycles. The highest BCUT2D eigenvalue weighted by molar-refractivity contribution is 7.89. The Balaban J connectivity index is 4.62. The molecule has 2 amide bonds. The molecule has 0 aliphatic rings. The molecule has 0 spiro atoms. The van der Waals surface area contributed by atoms with Gasteiger partial charge >= 0.3 is 18.2 Å². The summed E-state index contributed by atoms with van der Waals surface area (Å²) in [7, 11) is -2.01. The number of alkyl halides is 3. The number of hydrogen-bond donors (Lipinski definition) is 3. The van der Waals surface area contributed by atoms with Crippen molar-refractivity contribution in [3.05, 3.63) is 0 Å². The number of nitrogens with one attached hydrogen (secondary N) is 2. The van der Waals surface area contributed by atoms with Crippen molar-refractivity contribution in [2.24, 2.45) is 0 Å². The Hall–Kier alpha value is -1.56. The van der Waals surface area contributed by atoms with Crippen LogP contribution in [-0.4, -0.2) is 68.4 Å². The van der Waals surface area contributed by atoms with Crippen LogP contribution in [0.5, 0.6) is 0 Å². The van der Waals surface area contributed by atoms with Crippen molar-refractivity contribution < 1.29 is 36.3 Å². The summed E-state index contributed by atoms with van der Waals surface area (Å²) in [5.74, 6) is -2.43. The minimum absolute atomic E-state index is 0.0371. The van der Waals surface area contributed by atoms with E-state index in [-0.39, 0.29) is 19.4 Å². The lowest BCUT2D eigenvalue weighted by molar-refractivity contribution is -0.148. The predicted molar refractivity (Wildman–Crippen MR) is 70.7 cm³/mol. The number of rotatable bonds is 8. The van der Waals surface area contributed by atoms with E-state index in [0.29, 0.717) is 4.31 Å². The first-order chi connectivity index (χ1) is 9.86. The highest BCUT2D eigenvalue weighted by atomic mass is 32.2. The smallest absolute Gasteiger partial charge is 0.409 e. The van der Waals surface area contributed by atoms with Crippen LogP contribution >= 0.6 is 0 Å². The molecule has 1 atom stereocenters. The van der Waals surface area contributed by atoms with E-state index in [0.717, 1.165) is 14.1 Å². The lowest BCUT2D eigenvalue weighted by atomic mass is 10.3. The third-order valence-corrected chi connectivity index (χ3v) is 4.35. The van der Waals surface area contributed by atoms with Crippen LogP contribution in [0.4, 0.5) is 18.0 Å². The summed E-state index contributed by atoms with van der Waals surface area (Å²) in [5, 5.41) is 11.9. The first kappa shape index (κ1) is 20.4. The molecule has 130 valence electrons. The van der Waals surface area contributed by atoms with Gasteiger partial charge in [0.15, 0.2) is 0 Å². The van der Waals surface area contributed by atoms with Crippen LogP contribution in [-0.2, 0) is 14.8 Å². The molecule has 0 aromatic heterocycles. The zero-order valence-corrected chi connectivity index (χ0v) is 12.8. The van der Waals surface area contributed by atoms with Gasteiger partial charge < -0.3 is 15.7 Å². The van der Waals surface area contributed by atoms with Gasteiger partial charge in [-0.2, -0.15) is 13.2 Å². The molecule has 0 aromatic carbocycles. The number of nitrogens with zero attached hydrogens (tertiary/aromatic N) is 1. The number of halogens is 3. The van der Waals surface area contributed by atoms with Crippen LogP contribution in [0.2, 0.25) is 0 Å². The minimum atomic E-state index is -4.94. The van der Waals surface area contributed by atoms with Crippen molar-refractivity contribution in [1.29, 1.82) is 0 Å². The van der Waals surface area contributed by atoms with Crippen LogP contribution in [0.25, 0.3) is 0 Å². The molecule has 0 radical (unpaired) electrons. The van der Waals surface area contributed by atoms with Gasteiger partial charge in [0, 0.05) is 27.1 Å². The van der Waals surface area contributed by atoms with Crippen molar-refractivity contribution in [3.63, 3.8) is 0 Å². The van der Waals surface area contributed by atoms with Gasteiger partial charge in [0.2, 0.25) is 10.0 Å². The Morgan fingerprint density at radius 2 is 1.82 bits per heavy atom. The van der Waals surface area contributed by atoms with Gasteiger partial charge in [-0.3, -0.25) is 4.79 Å². The molecule has 1 unspecified atom stereocenters. The second-order valence-corrected chi connectivity index (χ2v) is 6.78. The van der Waals surface area contributed by atoms with Crippen molar-refractivity contribution in [3.8, 4) is 0 Å². The topological polar surface area (TPSA) is 116 Å². The number of amides is 2. The zero-order chi connectivity index (χ0) is 17.6. The fourth-order valence-electron chi connectivity index (χ4n) is 1.23. The lowest BCUT2D eigenvalue weighted by Gasteiger charge is -2.23. The molecular weight excluding hydrogens is 331 g/mol. The Morgan fingerprint density at radius 3 is 2.23 bits per heavy atom. The summed E-state index contributed by atoms with van der Waals surface area (Å²) >= 11 is 0. The third-order valence-electron chi connectivity index (χ3n) is 2.49. The SMILES string of the molecule is CN(C)S(=O)(=O)CC(NC(=O)NCCCC(=O)O)C(F)(F)F. The largest absolute Gasteiger partial charge is 0.481 e. The molecule has 0 saturated carbocycles. The summed E-state index contributed by atoms with van der Waals surface area (Å²) in [6.07, 6.45) is -5.16. The first-order valence-electron chi connectivity index (χ1n) is 6.09. The first-order valence-corrected chi connectivity index (χ1v) is 7.70. The van der Waals surface area contributed by atoms with Crippen molar-refractivity contribution in [2.45, 2.75) is 25.1 Å². The molecule has 0 rings (SSSR count). The van der Waals surface area contributed by atoms with E-state index >= 15 is 0 Å². The van der Waals surface area contributed by atoms with Gasteiger partial charge in [0.25, 0.3) is 0 Å². The van der Waals surface area contributed by atoms with E-state index in [2.05, 4.69) is 0 Å². The summed E-state index contributed by atoms with van der Waals surface area (Å²) in [4.78, 5) is 21.5. The number of carbonyl (C=O) groups is 2. The highest BCUT2D eigenvalue weighted by Crippen LogP contribution is 2.22. The van der Waals surface area contributed by atoms with Crippen LogP contribution in [0.3, 0.4) is 0 Å². The monoisotopic (exact) mass is 349 g/mol. The van der Waals surface area contributed by atoms with Gasteiger partial charge in [-0.15, -0.1) is 0 Å². The summed E-state index contributed by atoms with van der Waals surface area (Å²) in [5.41, 5.74) is 0. The summed E-state index contributed by atoms with van der Waals surface area (Å²) in [6.45, 7) is -0.150. The Morgan fingerprint density at radius 1 is 1.27 bits per heavy atom. The average molecular weight is 349 g/mol. The van der Waals surface area contributed by atoms with E-state index in [9.17, 15) is 31.2 Å². The number of urea groups is 1. The molecule has 0 bridgehead atoms. The molecule has 0 aliphatic carbocycles. The van der Waals surface area contributed by atoms with Crippen LogP contribution < -0.4 is 10.6 Å². The summed E-state index contributed by atoms with van der Waals surface area (Å²) in [6, 6.07) is -3.79. The second-order valence-electron chi connectivity index (χ2n) is 4.55. The van der Waals surface area contributed by atoms with Crippen LogP contribution in [0.15, 0.2) is 0 Å². The predicted octanol–water partition coefficient (Wildman–Crippen LogP) is -0.0273. The number of aliphatic carboxylic acids is 1. The third kappa shape index (κ3) is 8.02. The average Bonchev–Trinajstić information content (AvgIpc) is 2.32. The van der Waals surface area contributed by atoms with Gasteiger partial charge in [-0.05, 0) is 6.42 Å². The van der Waals surface area contributed by atoms with Gasteiger partial charge in [0.05, 0.1) is 5.75 Å². The normalized spacial score (nSPS) is 13.7. The zero-order valence-electron chi connectivity index (χ0n) is 12.0. The van der Waals surface area contributed by atoms with E-state index in [1.165, 1.54) is 5.32 Å². The van der Waals surface area contributed by atoms with Gasteiger partial charge in [0.1, 0.15) is 6.04 Å². The van der Waals surface area contributed by atoms with E-state index < -0.39 is 40.0 Å². The number of carboxylic acid groups (broad SMARTS) is 1.